The van der Waals surface area contributed by atoms with Gasteiger partial charge in [-0.15, -0.1) is 0 Å². The molecule has 2 atom stereocenters. The Bertz CT molecular complexity index is 430. The summed E-state index contributed by atoms with van der Waals surface area (Å²) in [5.41, 5.74) is -0.257. The number of allylic oxidation sites excluding steroid dienone is 1. The molecule has 0 aromatic carbocycles. The third-order valence-corrected chi connectivity index (χ3v) is 6.27. The third-order valence-electron chi connectivity index (χ3n) is 4.04. The normalized spacial score (nSPS) is 33.2. The maximum atomic E-state index is 11.8. The van der Waals surface area contributed by atoms with E-state index >= 15 is 0 Å². The Hall–Kier alpha value is -0.743. The van der Waals surface area contributed by atoms with Gasteiger partial charge in [-0.2, -0.15) is 0 Å². The molecule has 0 aromatic rings. The summed E-state index contributed by atoms with van der Waals surface area (Å²) in [7, 11) is -1.78. The highest BCUT2D eigenvalue weighted by atomic mass is 28.3. The summed E-state index contributed by atoms with van der Waals surface area (Å²) in [6, 6.07) is 0. The third kappa shape index (κ3) is 1.74. The highest BCUT2D eigenvalue weighted by Crippen LogP contribution is 2.51. The van der Waals surface area contributed by atoms with E-state index in [2.05, 4.69) is 19.6 Å². The van der Waals surface area contributed by atoms with Gasteiger partial charge in [0.1, 0.15) is 5.78 Å². The van der Waals surface area contributed by atoms with Crippen LogP contribution in [0.2, 0.25) is 19.6 Å². The number of fused-ring (bicyclic) bond motifs is 1. The van der Waals surface area contributed by atoms with Gasteiger partial charge in [-0.25, -0.2) is 0 Å². The van der Waals surface area contributed by atoms with E-state index in [1.54, 1.807) is 6.92 Å². The van der Waals surface area contributed by atoms with E-state index in [0.717, 1.165) is 10.8 Å². The lowest BCUT2D eigenvalue weighted by Crippen LogP contribution is -2.43. The molecule has 0 heterocycles. The summed E-state index contributed by atoms with van der Waals surface area (Å²) in [4.78, 5) is 23.5. The van der Waals surface area contributed by atoms with Gasteiger partial charge in [0.25, 0.3) is 0 Å². The van der Waals surface area contributed by atoms with E-state index in [1.165, 1.54) is 0 Å². The Labute approximate surface area is 103 Å². The Kier molecular flexibility index (Phi) is 2.71. The maximum absolute atomic E-state index is 11.8. The smallest absolute Gasteiger partial charge is 0.155 e. The molecule has 0 amide bonds. The number of ketones is 2. The molecule has 0 aliphatic heterocycles. The lowest BCUT2D eigenvalue weighted by atomic mass is 9.94. The molecule has 3 nitrogen and oxygen atoms in total. The number of rotatable bonds is 2. The molecule has 0 aromatic heterocycles. The minimum Gasteiger partial charge on any atom is -0.385 e. The molecule has 2 aliphatic rings. The van der Waals surface area contributed by atoms with Crippen LogP contribution in [0.1, 0.15) is 26.2 Å². The van der Waals surface area contributed by atoms with E-state index in [1.807, 2.05) is 0 Å². The van der Waals surface area contributed by atoms with E-state index in [4.69, 9.17) is 0 Å². The van der Waals surface area contributed by atoms with Gasteiger partial charge in [0, 0.05) is 6.42 Å². The van der Waals surface area contributed by atoms with Crippen LogP contribution in [0.4, 0.5) is 0 Å². The first kappa shape index (κ1) is 12.7. The minimum atomic E-state index is -1.78. The molecule has 1 saturated carbocycles. The molecule has 17 heavy (non-hydrogen) atoms. The Morgan fingerprint density at radius 1 is 1.41 bits per heavy atom. The molecule has 0 radical (unpaired) electrons. The van der Waals surface area contributed by atoms with Crippen molar-refractivity contribution in [2.75, 3.05) is 0 Å². The number of hydrogen-bond donors (Lipinski definition) is 1. The van der Waals surface area contributed by atoms with Gasteiger partial charge in [0.2, 0.25) is 0 Å². The maximum Gasteiger partial charge on any atom is 0.155 e. The summed E-state index contributed by atoms with van der Waals surface area (Å²) in [5.74, 6) is -0.194. The van der Waals surface area contributed by atoms with E-state index < -0.39 is 13.7 Å². The SMILES string of the molecule is CC(=O)C1=C([Si](C)(C)C)[C@]2(O)CCC(=O)[C@@H]2C1. The van der Waals surface area contributed by atoms with Crippen molar-refractivity contribution >= 4 is 19.6 Å². The second-order valence-corrected chi connectivity index (χ2v) is 11.3. The Balaban J connectivity index is 2.57. The first-order chi connectivity index (χ1) is 7.68. The summed E-state index contributed by atoms with van der Waals surface area (Å²) in [5, 5.41) is 11.8. The molecular weight excluding hydrogens is 232 g/mol. The molecule has 94 valence electrons. The molecule has 0 unspecified atom stereocenters. The van der Waals surface area contributed by atoms with Gasteiger partial charge in [0.15, 0.2) is 5.78 Å². The second-order valence-electron chi connectivity index (χ2n) is 6.31. The van der Waals surface area contributed by atoms with Gasteiger partial charge in [-0.05, 0) is 30.5 Å². The van der Waals surface area contributed by atoms with Crippen molar-refractivity contribution in [3.8, 4) is 0 Å². The fraction of sp³-hybridized carbons (Fsp3) is 0.692. The highest BCUT2D eigenvalue weighted by molar-refractivity contribution is 6.84. The Morgan fingerprint density at radius 2 is 2.00 bits per heavy atom. The number of hydrogen-bond acceptors (Lipinski definition) is 3. The van der Waals surface area contributed by atoms with Crippen molar-refractivity contribution < 1.29 is 14.7 Å². The van der Waals surface area contributed by atoms with Crippen molar-refractivity contribution in [2.45, 2.75) is 51.4 Å². The van der Waals surface area contributed by atoms with Gasteiger partial charge in [0.05, 0.1) is 19.6 Å². The van der Waals surface area contributed by atoms with Crippen LogP contribution in [0.15, 0.2) is 10.8 Å². The fourth-order valence-corrected chi connectivity index (χ4v) is 6.28. The summed E-state index contributed by atoms with van der Waals surface area (Å²) >= 11 is 0. The van der Waals surface area contributed by atoms with Crippen molar-refractivity contribution in [1.29, 1.82) is 0 Å². The molecule has 1 fully saturated rings. The molecule has 0 bridgehead atoms. The number of aliphatic hydroxyl groups is 1. The monoisotopic (exact) mass is 252 g/mol. The number of carbonyl (C=O) groups excluding carboxylic acids is 2. The van der Waals surface area contributed by atoms with Gasteiger partial charge in [-0.3, -0.25) is 9.59 Å². The van der Waals surface area contributed by atoms with Crippen LogP contribution in [0.5, 0.6) is 0 Å². The quantitative estimate of drug-likeness (QED) is 0.763. The number of Topliss-reactive ketones (excluding diaryl/α,β-unsaturated/α-hetero) is 2. The zero-order valence-electron chi connectivity index (χ0n) is 11.0. The van der Waals surface area contributed by atoms with E-state index in [-0.39, 0.29) is 17.5 Å². The molecule has 2 rings (SSSR count). The standard InChI is InChI=1S/C13H20O3Si/c1-8(14)9-7-10-11(15)5-6-13(10,16)12(9)17(2,3)4/h10,16H,5-7H2,1-4H3/t10-,13-/m0/s1. The Morgan fingerprint density at radius 3 is 2.47 bits per heavy atom. The lowest BCUT2D eigenvalue weighted by molar-refractivity contribution is -0.122. The molecular formula is C13H20O3Si. The fourth-order valence-electron chi connectivity index (χ4n) is 3.50. The van der Waals surface area contributed by atoms with Crippen molar-refractivity contribution in [1.82, 2.24) is 0 Å². The molecule has 2 aliphatic carbocycles. The zero-order chi connectivity index (χ0) is 13.0. The molecule has 0 saturated heterocycles. The minimum absolute atomic E-state index is 0.0260. The second kappa shape index (κ2) is 3.62. The van der Waals surface area contributed by atoms with Crippen LogP contribution in [0, 0.1) is 5.92 Å². The van der Waals surface area contributed by atoms with Crippen LogP contribution >= 0.6 is 0 Å². The average molecular weight is 252 g/mol. The first-order valence-electron chi connectivity index (χ1n) is 6.18. The van der Waals surface area contributed by atoms with Crippen molar-refractivity contribution in [3.63, 3.8) is 0 Å². The lowest BCUT2D eigenvalue weighted by Gasteiger charge is -2.33. The average Bonchev–Trinajstić information content (AvgIpc) is 2.60. The topological polar surface area (TPSA) is 54.4 Å². The summed E-state index contributed by atoms with van der Waals surface area (Å²) in [6.45, 7) is 7.95. The zero-order valence-corrected chi connectivity index (χ0v) is 12.0. The van der Waals surface area contributed by atoms with Crippen LogP contribution in [0.3, 0.4) is 0 Å². The van der Waals surface area contributed by atoms with Crippen molar-refractivity contribution in [2.24, 2.45) is 5.92 Å². The van der Waals surface area contributed by atoms with Gasteiger partial charge in [-0.1, -0.05) is 19.6 Å². The van der Waals surface area contributed by atoms with Gasteiger partial charge >= 0.3 is 0 Å². The largest absolute Gasteiger partial charge is 0.385 e. The first-order valence-corrected chi connectivity index (χ1v) is 9.68. The van der Waals surface area contributed by atoms with Crippen LogP contribution < -0.4 is 0 Å². The van der Waals surface area contributed by atoms with Crippen molar-refractivity contribution in [3.05, 3.63) is 10.8 Å². The van der Waals surface area contributed by atoms with Crippen LogP contribution in [-0.4, -0.2) is 30.3 Å². The van der Waals surface area contributed by atoms with Crippen LogP contribution in [-0.2, 0) is 9.59 Å². The number of carbonyl (C=O) groups is 2. The van der Waals surface area contributed by atoms with Crippen LogP contribution in [0.25, 0.3) is 0 Å². The summed E-state index contributed by atoms with van der Waals surface area (Å²) in [6.07, 6.45) is 1.43. The summed E-state index contributed by atoms with van der Waals surface area (Å²) < 4.78 is 0. The predicted octanol–water partition coefficient (Wildman–Crippen LogP) is 1.86. The van der Waals surface area contributed by atoms with E-state index in [0.29, 0.717) is 19.3 Å². The van der Waals surface area contributed by atoms with E-state index in [9.17, 15) is 14.7 Å². The highest BCUT2D eigenvalue weighted by Gasteiger charge is 2.57. The molecule has 0 spiro atoms. The molecule has 4 heteroatoms. The van der Waals surface area contributed by atoms with Gasteiger partial charge < -0.3 is 5.11 Å². The predicted molar refractivity (Wildman–Crippen MR) is 68.4 cm³/mol. The molecule has 1 N–H and O–H groups in total.